The fourth-order valence-electron chi connectivity index (χ4n) is 2.18. The summed E-state index contributed by atoms with van der Waals surface area (Å²) in [5.41, 5.74) is 5.49. The summed E-state index contributed by atoms with van der Waals surface area (Å²) in [5.74, 6) is -15.2. The van der Waals surface area contributed by atoms with Gasteiger partial charge in [0, 0.05) is 12.5 Å². The molecule has 1 aliphatic heterocycles. The fraction of sp³-hybridized carbons (Fsp3) is 0.750. The molecule has 18 heteroatoms. The number of esters is 2. The number of halogens is 9. The van der Waals surface area contributed by atoms with Crippen LogP contribution in [-0.2, 0) is 28.7 Å². The van der Waals surface area contributed by atoms with Gasteiger partial charge in [-0.1, -0.05) is 5.06 Å². The second-order valence-corrected chi connectivity index (χ2v) is 6.49. The zero-order valence-corrected chi connectivity index (χ0v) is 15.2. The Morgan fingerprint density at radius 3 is 1.67 bits per heavy atom. The van der Waals surface area contributed by atoms with Crippen molar-refractivity contribution in [3.63, 3.8) is 0 Å². The molecule has 0 aromatic heterocycles. The molecule has 0 radical (unpaired) electrons. The van der Waals surface area contributed by atoms with Gasteiger partial charge in [-0.3, -0.25) is 0 Å². The Kier molecular flexibility index (Phi) is 7.53. The molecule has 8 nitrogen and oxygen atoms in total. The van der Waals surface area contributed by atoms with Crippen LogP contribution in [0.1, 0.15) is 0 Å². The van der Waals surface area contributed by atoms with Crippen LogP contribution in [-0.4, -0.2) is 72.0 Å². The molecule has 1 fully saturated rings. The van der Waals surface area contributed by atoms with Crippen molar-refractivity contribution in [3.05, 3.63) is 0 Å². The highest BCUT2D eigenvalue weighted by molar-refractivity contribution is 7.98. The minimum absolute atomic E-state index is 0.240. The highest BCUT2D eigenvalue weighted by atomic mass is 32.2. The van der Waals surface area contributed by atoms with E-state index in [1.807, 2.05) is 0 Å². The molecule has 0 amide bonds. The highest BCUT2D eigenvalue weighted by Crippen LogP contribution is 2.40. The van der Waals surface area contributed by atoms with Gasteiger partial charge in [0.15, 0.2) is 0 Å². The van der Waals surface area contributed by atoms with Crippen molar-refractivity contribution in [1.82, 2.24) is 5.06 Å². The molecule has 1 aliphatic rings. The number of ether oxygens (including phenoxy) is 2. The minimum Gasteiger partial charge on any atom is -0.398 e. The predicted molar refractivity (Wildman–Crippen MR) is 75.7 cm³/mol. The van der Waals surface area contributed by atoms with Crippen LogP contribution < -0.4 is 5.73 Å². The van der Waals surface area contributed by atoms with E-state index in [4.69, 9.17) is 5.73 Å². The maximum Gasteiger partial charge on any atom is 0.492 e. The van der Waals surface area contributed by atoms with Crippen LogP contribution in [0.3, 0.4) is 0 Å². The van der Waals surface area contributed by atoms with Gasteiger partial charge in [-0.05, 0) is 12.0 Å². The lowest BCUT2D eigenvalue weighted by atomic mass is 10.0. The number of hydroxylamine groups is 2. The smallest absolute Gasteiger partial charge is 0.398 e. The SMILES string of the molecule is CSCC1CN(OC(=O)C(F)(F)F)C(OC(=O)C(F)(F)F)(OC(=O)C(F)(F)F)C1N. The number of hydrogen-bond acceptors (Lipinski definition) is 9. The van der Waals surface area contributed by atoms with Crippen LogP contribution in [0.15, 0.2) is 0 Å². The summed E-state index contributed by atoms with van der Waals surface area (Å²) in [4.78, 5) is 37.3. The van der Waals surface area contributed by atoms with Crippen molar-refractivity contribution in [2.24, 2.45) is 11.7 Å². The van der Waals surface area contributed by atoms with Crippen LogP contribution in [0, 0.1) is 5.92 Å². The van der Waals surface area contributed by atoms with Gasteiger partial charge in [-0.25, -0.2) is 14.4 Å². The highest BCUT2D eigenvalue weighted by Gasteiger charge is 2.66. The molecule has 174 valence electrons. The fourth-order valence-corrected chi connectivity index (χ4v) is 2.92. The molecular weight excluding hydrogens is 471 g/mol. The number of nitrogens with two attached hydrogens (primary N) is 1. The molecule has 0 aliphatic carbocycles. The molecular formula is C12H11F9N2O6S. The van der Waals surface area contributed by atoms with Crippen molar-refractivity contribution in [1.29, 1.82) is 0 Å². The summed E-state index contributed by atoms with van der Waals surface area (Å²) < 4.78 is 121. The molecule has 0 aromatic carbocycles. The lowest BCUT2D eigenvalue weighted by Crippen LogP contribution is -2.63. The normalized spacial score (nSPS) is 22.5. The van der Waals surface area contributed by atoms with Crippen molar-refractivity contribution in [3.8, 4) is 0 Å². The molecule has 2 N–H and O–H groups in total. The Bertz CT molecular complexity index is 653. The minimum atomic E-state index is -5.89. The van der Waals surface area contributed by atoms with E-state index in [1.165, 1.54) is 6.26 Å². The van der Waals surface area contributed by atoms with E-state index in [1.54, 1.807) is 0 Å². The lowest BCUT2D eigenvalue weighted by Gasteiger charge is -2.37. The van der Waals surface area contributed by atoms with Gasteiger partial charge >= 0.3 is 42.3 Å². The third kappa shape index (κ3) is 5.81. The molecule has 2 atom stereocenters. The van der Waals surface area contributed by atoms with Crippen LogP contribution in [0.5, 0.6) is 0 Å². The Labute approximate surface area is 164 Å². The number of hydrogen-bond donors (Lipinski definition) is 1. The standard InChI is InChI=1S/C12H11F9N2O6S/c1-30-3-4-2-23(29-8(26)11(19,20)21)12(5(4)22,27-6(24)9(13,14)15)28-7(25)10(16,17)18/h4-5H,2-3,22H2,1H3. The monoisotopic (exact) mass is 482 g/mol. The number of rotatable bonds is 5. The van der Waals surface area contributed by atoms with Crippen LogP contribution in [0.4, 0.5) is 39.5 Å². The predicted octanol–water partition coefficient (Wildman–Crippen LogP) is 1.49. The maximum absolute atomic E-state index is 12.6. The Balaban J connectivity index is 3.51. The number of nitrogens with zero attached hydrogens (tertiary/aromatic N) is 1. The first-order valence-corrected chi connectivity index (χ1v) is 8.67. The molecule has 0 saturated carbocycles. The molecule has 0 spiro atoms. The van der Waals surface area contributed by atoms with E-state index in [2.05, 4.69) is 14.3 Å². The van der Waals surface area contributed by atoms with E-state index in [0.29, 0.717) is 0 Å². The zero-order chi connectivity index (χ0) is 23.7. The van der Waals surface area contributed by atoms with Crippen molar-refractivity contribution >= 4 is 29.7 Å². The first kappa shape index (κ1) is 26.1. The summed E-state index contributed by atoms with van der Waals surface area (Å²) in [7, 11) is 0. The molecule has 2 unspecified atom stereocenters. The molecule has 1 saturated heterocycles. The summed E-state index contributed by atoms with van der Waals surface area (Å²) in [6.07, 6.45) is -16.2. The largest absolute Gasteiger partial charge is 0.492 e. The van der Waals surface area contributed by atoms with Gasteiger partial charge in [0.25, 0.3) is 0 Å². The van der Waals surface area contributed by atoms with Crippen molar-refractivity contribution in [2.45, 2.75) is 30.5 Å². The first-order chi connectivity index (χ1) is 13.4. The summed E-state index contributed by atoms with van der Waals surface area (Å²) in [6.45, 7) is -1.07. The van der Waals surface area contributed by atoms with E-state index in [-0.39, 0.29) is 5.75 Å². The quantitative estimate of drug-likeness (QED) is 0.354. The van der Waals surface area contributed by atoms with Gasteiger partial charge in [0.1, 0.15) is 6.04 Å². The second-order valence-electron chi connectivity index (χ2n) is 5.58. The average Bonchev–Trinajstić information content (AvgIpc) is 2.78. The topological polar surface area (TPSA) is 108 Å². The van der Waals surface area contributed by atoms with Gasteiger partial charge in [-0.2, -0.15) is 51.3 Å². The third-order valence-electron chi connectivity index (χ3n) is 3.42. The average molecular weight is 482 g/mol. The second kappa shape index (κ2) is 8.66. The third-order valence-corrected chi connectivity index (χ3v) is 4.18. The summed E-state index contributed by atoms with van der Waals surface area (Å²) >= 11 is 0.884. The number of alkyl halides is 9. The zero-order valence-electron chi connectivity index (χ0n) is 14.4. The van der Waals surface area contributed by atoms with E-state index in [0.717, 1.165) is 11.8 Å². The van der Waals surface area contributed by atoms with Crippen LogP contribution >= 0.6 is 11.8 Å². The molecule has 30 heavy (non-hydrogen) atoms. The molecule has 0 bridgehead atoms. The Morgan fingerprint density at radius 1 is 0.933 bits per heavy atom. The van der Waals surface area contributed by atoms with Crippen molar-refractivity contribution in [2.75, 3.05) is 18.6 Å². The number of carbonyl (C=O) groups is 3. The Hall–Kier alpha value is -1.95. The van der Waals surface area contributed by atoms with Crippen molar-refractivity contribution < 1.29 is 68.2 Å². The van der Waals surface area contributed by atoms with Gasteiger partial charge in [0.05, 0.1) is 0 Å². The molecule has 1 rings (SSSR count). The number of thioether (sulfide) groups is 1. The van der Waals surface area contributed by atoms with Crippen LogP contribution in [0.25, 0.3) is 0 Å². The van der Waals surface area contributed by atoms with E-state index >= 15 is 0 Å². The van der Waals surface area contributed by atoms with Gasteiger partial charge in [-0.15, -0.1) is 0 Å². The van der Waals surface area contributed by atoms with E-state index in [9.17, 15) is 53.9 Å². The summed E-state index contributed by atoms with van der Waals surface area (Å²) in [5, 5.41) is -0.582. The molecule has 1 heterocycles. The maximum atomic E-state index is 12.6. The van der Waals surface area contributed by atoms with E-state index < -0.39 is 65.9 Å². The number of carbonyl (C=O) groups excluding carboxylic acids is 3. The summed E-state index contributed by atoms with van der Waals surface area (Å²) in [6, 6.07) is -2.27. The Morgan fingerprint density at radius 2 is 1.33 bits per heavy atom. The molecule has 0 aromatic rings. The van der Waals surface area contributed by atoms with Gasteiger partial charge in [0.2, 0.25) is 0 Å². The van der Waals surface area contributed by atoms with Crippen LogP contribution in [0.2, 0.25) is 0 Å². The lowest BCUT2D eigenvalue weighted by molar-refractivity contribution is -0.374. The van der Waals surface area contributed by atoms with Gasteiger partial charge < -0.3 is 20.0 Å². The first-order valence-electron chi connectivity index (χ1n) is 7.28.